The Labute approximate surface area is 282 Å². The highest BCUT2D eigenvalue weighted by Gasteiger charge is 2.22. The second-order valence-corrected chi connectivity index (χ2v) is 12.4. The van der Waals surface area contributed by atoms with Gasteiger partial charge in [-0.05, 0) is 71.8 Å². The molecule has 0 aliphatic carbocycles. The van der Waals surface area contributed by atoms with E-state index in [-0.39, 0.29) is 0 Å². The Bertz CT molecular complexity index is 2820. The summed E-state index contributed by atoms with van der Waals surface area (Å²) in [6.45, 7) is 0. The highest BCUT2D eigenvalue weighted by Crippen LogP contribution is 2.45. The lowest BCUT2D eigenvalue weighted by Gasteiger charge is -2.26. The Morgan fingerprint density at radius 1 is 0.469 bits per heavy atom. The number of para-hydroxylation sites is 3. The van der Waals surface area contributed by atoms with E-state index in [1.807, 2.05) is 12.3 Å². The van der Waals surface area contributed by atoms with Crippen LogP contribution in [0.5, 0.6) is 0 Å². The van der Waals surface area contributed by atoms with Gasteiger partial charge in [0.25, 0.3) is 0 Å². The van der Waals surface area contributed by atoms with Crippen molar-refractivity contribution in [2.24, 2.45) is 0 Å². The molecule has 0 fully saturated rings. The van der Waals surface area contributed by atoms with Crippen LogP contribution in [0.15, 0.2) is 180 Å². The van der Waals surface area contributed by atoms with E-state index in [9.17, 15) is 0 Å². The molecule has 0 unspecified atom stereocenters. The van der Waals surface area contributed by atoms with Crippen LogP contribution >= 0.6 is 0 Å². The van der Waals surface area contributed by atoms with Crippen LogP contribution in [0.25, 0.3) is 71.5 Å². The third-order valence-electron chi connectivity index (χ3n) is 9.62. The van der Waals surface area contributed by atoms with E-state index in [4.69, 9.17) is 9.40 Å². The third-order valence-corrected chi connectivity index (χ3v) is 9.62. The second-order valence-electron chi connectivity index (χ2n) is 12.4. The zero-order chi connectivity index (χ0) is 32.3. The summed E-state index contributed by atoms with van der Waals surface area (Å²) in [6.07, 6.45) is 1.83. The number of nitrogens with zero attached hydrogens (tertiary/aromatic N) is 3. The first kappa shape index (κ1) is 27.5. The van der Waals surface area contributed by atoms with Crippen molar-refractivity contribution >= 4 is 71.7 Å². The molecule has 10 rings (SSSR count). The van der Waals surface area contributed by atoms with Gasteiger partial charge >= 0.3 is 0 Å². The molecule has 10 aromatic rings. The quantitative estimate of drug-likeness (QED) is 0.190. The average molecular weight is 628 g/mol. The summed E-state index contributed by atoms with van der Waals surface area (Å²) in [6, 6.07) is 60.1. The molecule has 0 bridgehead atoms. The van der Waals surface area contributed by atoms with Gasteiger partial charge in [0.15, 0.2) is 11.2 Å². The second kappa shape index (κ2) is 11.0. The molecule has 0 aliphatic heterocycles. The number of pyridine rings is 1. The predicted octanol–water partition coefficient (Wildman–Crippen LogP) is 12.4. The highest BCUT2D eigenvalue weighted by molar-refractivity contribution is 6.17. The van der Waals surface area contributed by atoms with Crippen LogP contribution in [0.4, 0.5) is 17.1 Å². The summed E-state index contributed by atoms with van der Waals surface area (Å²) in [4.78, 5) is 7.04. The molecule has 49 heavy (non-hydrogen) atoms. The molecule has 0 N–H and O–H groups in total. The number of anilines is 3. The van der Waals surface area contributed by atoms with Gasteiger partial charge in [0.05, 0.1) is 16.7 Å². The SMILES string of the molecule is c1ccc(-c2ccc(N(c3ccc4c5ccccc5n(-c5ccccc5)c4c3)c3cccc4c3oc3c4ccc4cccnc43)cc2)cc1. The van der Waals surface area contributed by atoms with Crippen LogP contribution < -0.4 is 4.90 Å². The molecule has 4 nitrogen and oxygen atoms in total. The Balaban J connectivity index is 1.24. The molecule has 3 heterocycles. The largest absolute Gasteiger partial charge is 0.452 e. The fourth-order valence-corrected chi connectivity index (χ4v) is 7.37. The zero-order valence-corrected chi connectivity index (χ0v) is 26.5. The number of hydrogen-bond acceptors (Lipinski definition) is 3. The van der Waals surface area contributed by atoms with Crippen LogP contribution in [-0.2, 0) is 0 Å². The molecule has 0 amide bonds. The first-order chi connectivity index (χ1) is 24.3. The molecule has 3 aromatic heterocycles. The minimum Gasteiger partial charge on any atom is -0.452 e. The normalized spacial score (nSPS) is 11.7. The van der Waals surface area contributed by atoms with Gasteiger partial charge in [-0.2, -0.15) is 0 Å². The topological polar surface area (TPSA) is 34.2 Å². The van der Waals surface area contributed by atoms with E-state index < -0.39 is 0 Å². The summed E-state index contributed by atoms with van der Waals surface area (Å²) in [7, 11) is 0. The molecule has 0 atom stereocenters. The van der Waals surface area contributed by atoms with Crippen LogP contribution in [0, 0.1) is 0 Å². The molecule has 7 aromatic carbocycles. The molecule has 0 aliphatic rings. The highest BCUT2D eigenvalue weighted by atomic mass is 16.3. The number of fused-ring (bicyclic) bond motifs is 8. The van der Waals surface area contributed by atoms with Crippen molar-refractivity contribution in [1.82, 2.24) is 9.55 Å². The fourth-order valence-electron chi connectivity index (χ4n) is 7.37. The maximum Gasteiger partial charge on any atom is 0.161 e. The van der Waals surface area contributed by atoms with E-state index in [2.05, 4.69) is 173 Å². The summed E-state index contributed by atoms with van der Waals surface area (Å²) in [5.74, 6) is 0. The van der Waals surface area contributed by atoms with Crippen molar-refractivity contribution in [3.05, 3.63) is 176 Å². The third kappa shape index (κ3) is 4.35. The monoisotopic (exact) mass is 627 g/mol. The van der Waals surface area contributed by atoms with Gasteiger partial charge in [-0.15, -0.1) is 0 Å². The van der Waals surface area contributed by atoms with E-state index >= 15 is 0 Å². The standard InChI is InChI=1S/C45H29N3O/c1-3-11-30(12-4-1)31-20-23-34(24-21-31)47(41-19-9-17-38-39-26-22-32-13-10-28-46-43(32)45(39)49-44(38)41)35-25-27-37-36-16-7-8-18-40(36)48(42(37)29-35)33-14-5-2-6-15-33/h1-29H. The zero-order valence-electron chi connectivity index (χ0n) is 26.5. The van der Waals surface area contributed by atoms with Gasteiger partial charge in [0, 0.05) is 50.2 Å². The lowest BCUT2D eigenvalue weighted by Crippen LogP contribution is -2.10. The Kier molecular flexibility index (Phi) is 6.15. The van der Waals surface area contributed by atoms with Crippen molar-refractivity contribution in [2.75, 3.05) is 4.90 Å². The van der Waals surface area contributed by atoms with Crippen molar-refractivity contribution in [3.8, 4) is 16.8 Å². The molecule has 230 valence electrons. The first-order valence-corrected chi connectivity index (χ1v) is 16.5. The fraction of sp³-hybridized carbons (Fsp3) is 0. The van der Waals surface area contributed by atoms with E-state index in [1.54, 1.807) is 0 Å². The van der Waals surface area contributed by atoms with Gasteiger partial charge in [-0.1, -0.05) is 109 Å². The number of rotatable bonds is 5. The Morgan fingerprint density at radius 2 is 1.14 bits per heavy atom. The summed E-state index contributed by atoms with van der Waals surface area (Å²) >= 11 is 0. The summed E-state index contributed by atoms with van der Waals surface area (Å²) in [5, 5.41) is 5.61. The van der Waals surface area contributed by atoms with Crippen LogP contribution in [0.2, 0.25) is 0 Å². The maximum atomic E-state index is 6.83. The predicted molar refractivity (Wildman–Crippen MR) is 203 cm³/mol. The first-order valence-electron chi connectivity index (χ1n) is 16.5. The van der Waals surface area contributed by atoms with Crippen molar-refractivity contribution in [3.63, 3.8) is 0 Å². The number of aromatic nitrogens is 2. The molecular weight excluding hydrogens is 599 g/mol. The van der Waals surface area contributed by atoms with Gasteiger partial charge in [0.1, 0.15) is 5.52 Å². The molecular formula is C45H29N3O. The molecule has 4 heteroatoms. The van der Waals surface area contributed by atoms with Gasteiger partial charge in [0.2, 0.25) is 0 Å². The summed E-state index contributed by atoms with van der Waals surface area (Å²) in [5.41, 5.74) is 11.3. The van der Waals surface area contributed by atoms with Gasteiger partial charge in [-0.3, -0.25) is 4.98 Å². The van der Waals surface area contributed by atoms with Crippen molar-refractivity contribution < 1.29 is 4.42 Å². The minimum absolute atomic E-state index is 0.805. The summed E-state index contributed by atoms with van der Waals surface area (Å²) < 4.78 is 9.20. The lowest BCUT2D eigenvalue weighted by molar-refractivity contribution is 0.672. The van der Waals surface area contributed by atoms with E-state index in [0.717, 1.165) is 61.1 Å². The van der Waals surface area contributed by atoms with Crippen molar-refractivity contribution in [2.45, 2.75) is 0 Å². The number of hydrogen-bond donors (Lipinski definition) is 0. The Hall–Kier alpha value is -6.65. The lowest BCUT2D eigenvalue weighted by atomic mass is 10.0. The van der Waals surface area contributed by atoms with Crippen LogP contribution in [-0.4, -0.2) is 9.55 Å². The molecule has 0 spiro atoms. The molecule has 0 radical (unpaired) electrons. The minimum atomic E-state index is 0.805. The van der Waals surface area contributed by atoms with E-state index in [0.29, 0.717) is 0 Å². The molecule has 0 saturated heterocycles. The van der Waals surface area contributed by atoms with E-state index in [1.165, 1.54) is 27.4 Å². The average Bonchev–Trinajstić information content (AvgIpc) is 3.72. The van der Waals surface area contributed by atoms with Crippen LogP contribution in [0.1, 0.15) is 0 Å². The van der Waals surface area contributed by atoms with Crippen LogP contribution in [0.3, 0.4) is 0 Å². The molecule has 0 saturated carbocycles. The number of furan rings is 1. The Morgan fingerprint density at radius 3 is 2.00 bits per heavy atom. The van der Waals surface area contributed by atoms with Gasteiger partial charge in [-0.25, -0.2) is 0 Å². The number of benzene rings is 7. The van der Waals surface area contributed by atoms with Crippen molar-refractivity contribution in [1.29, 1.82) is 0 Å². The smallest absolute Gasteiger partial charge is 0.161 e. The maximum absolute atomic E-state index is 6.83. The van der Waals surface area contributed by atoms with Gasteiger partial charge < -0.3 is 13.9 Å².